The van der Waals surface area contributed by atoms with Gasteiger partial charge in [0.05, 0.1) is 30.6 Å². The van der Waals surface area contributed by atoms with E-state index in [1.165, 1.54) is 11.8 Å². The molecule has 2 aliphatic heterocycles. The summed E-state index contributed by atoms with van der Waals surface area (Å²) in [6, 6.07) is 14.5. The van der Waals surface area contributed by atoms with Gasteiger partial charge in [-0.05, 0) is 30.2 Å². The number of sulfone groups is 1. The van der Waals surface area contributed by atoms with Crippen molar-refractivity contribution in [3.8, 4) is 5.75 Å². The van der Waals surface area contributed by atoms with Crippen LogP contribution in [0, 0.1) is 0 Å². The largest absolute Gasteiger partial charge is 0.494 e. The highest BCUT2D eigenvalue weighted by molar-refractivity contribution is 8.16. The monoisotopic (exact) mass is 492 g/mol. The summed E-state index contributed by atoms with van der Waals surface area (Å²) >= 11 is 7.55. The Bertz CT molecular complexity index is 1140. The normalized spacial score (nSPS) is 22.8. The second-order valence-electron chi connectivity index (χ2n) is 7.93. The molecule has 2 aliphatic rings. The molecule has 2 heterocycles. The Morgan fingerprint density at radius 2 is 2.03 bits per heavy atom. The van der Waals surface area contributed by atoms with Crippen molar-refractivity contribution in [1.82, 2.24) is 0 Å². The number of carbonyl (C=O) groups is 1. The summed E-state index contributed by atoms with van der Waals surface area (Å²) < 4.78 is 30.4. The highest BCUT2D eigenvalue weighted by Crippen LogP contribution is 2.41. The van der Waals surface area contributed by atoms with E-state index in [4.69, 9.17) is 16.3 Å². The van der Waals surface area contributed by atoms with E-state index < -0.39 is 9.84 Å². The predicted molar refractivity (Wildman–Crippen MR) is 131 cm³/mol. The molecule has 0 saturated carbocycles. The molecule has 0 N–H and O–H groups in total. The zero-order valence-electron chi connectivity index (χ0n) is 17.7. The molecule has 4 rings (SSSR count). The lowest BCUT2D eigenvalue weighted by atomic mass is 10.1. The molecule has 0 aromatic heterocycles. The van der Waals surface area contributed by atoms with Gasteiger partial charge in [-0.3, -0.25) is 4.79 Å². The number of anilines is 1. The van der Waals surface area contributed by atoms with Crippen molar-refractivity contribution >= 4 is 50.0 Å². The zero-order valence-corrected chi connectivity index (χ0v) is 20.1. The molecule has 9 heteroatoms. The molecule has 2 aromatic rings. The van der Waals surface area contributed by atoms with Crippen LogP contribution in [-0.2, 0) is 21.1 Å². The van der Waals surface area contributed by atoms with Gasteiger partial charge in [0.15, 0.2) is 15.0 Å². The van der Waals surface area contributed by atoms with Gasteiger partial charge in [0.25, 0.3) is 5.91 Å². The van der Waals surface area contributed by atoms with E-state index in [0.29, 0.717) is 28.1 Å². The van der Waals surface area contributed by atoms with Crippen LogP contribution < -0.4 is 9.64 Å². The molecule has 2 aromatic carbocycles. The first-order valence-corrected chi connectivity index (χ1v) is 13.7. The Kier molecular flexibility index (Phi) is 7.12. The van der Waals surface area contributed by atoms with E-state index in [-0.39, 0.29) is 35.1 Å². The highest BCUT2D eigenvalue weighted by atomic mass is 35.5. The number of nitrogens with zero attached hydrogens (tertiary/aromatic N) is 2. The number of fused-ring (bicyclic) bond motifs is 1. The van der Waals surface area contributed by atoms with E-state index in [1.54, 1.807) is 12.1 Å². The van der Waals surface area contributed by atoms with Crippen LogP contribution in [0.3, 0.4) is 0 Å². The molecule has 2 fully saturated rings. The van der Waals surface area contributed by atoms with Gasteiger partial charge in [-0.1, -0.05) is 61.0 Å². The number of amides is 1. The molecular weight excluding hydrogens is 468 g/mol. The van der Waals surface area contributed by atoms with Crippen LogP contribution in [0.4, 0.5) is 5.69 Å². The summed E-state index contributed by atoms with van der Waals surface area (Å²) in [5, 5.41) is 0.895. The number of benzene rings is 2. The molecule has 0 spiro atoms. The molecule has 170 valence electrons. The van der Waals surface area contributed by atoms with Gasteiger partial charge in [-0.15, -0.1) is 0 Å². The number of hydrogen-bond donors (Lipinski definition) is 0. The average Bonchev–Trinajstić information content (AvgIpc) is 3.20. The molecule has 0 aliphatic carbocycles. The molecule has 6 nitrogen and oxygen atoms in total. The Hall–Kier alpha value is -2.03. The second kappa shape index (κ2) is 9.85. The van der Waals surface area contributed by atoms with Crippen molar-refractivity contribution < 1.29 is 17.9 Å². The van der Waals surface area contributed by atoms with E-state index in [0.717, 1.165) is 18.5 Å². The van der Waals surface area contributed by atoms with Gasteiger partial charge in [0.2, 0.25) is 0 Å². The first-order valence-electron chi connectivity index (χ1n) is 10.6. The molecule has 32 heavy (non-hydrogen) atoms. The van der Waals surface area contributed by atoms with Crippen LogP contribution in [0.15, 0.2) is 53.5 Å². The SMILES string of the molecule is CCCCOc1cccc(N2C(=NC(=O)Cc3ccccc3Cl)S[C@H]3CS(=O)(=O)C[C@@H]32)c1. The topological polar surface area (TPSA) is 76.0 Å². The van der Waals surface area contributed by atoms with Crippen molar-refractivity contribution in [2.45, 2.75) is 37.5 Å². The third-order valence-electron chi connectivity index (χ3n) is 5.45. The van der Waals surface area contributed by atoms with Crippen molar-refractivity contribution in [1.29, 1.82) is 0 Å². The van der Waals surface area contributed by atoms with Gasteiger partial charge < -0.3 is 9.64 Å². The number of aliphatic imine (C=N–C) groups is 1. The standard InChI is InChI=1S/C23H25ClN2O4S2/c1-2-3-11-30-18-9-6-8-17(13-18)26-20-14-32(28,29)15-21(20)31-23(26)25-22(27)12-16-7-4-5-10-19(16)24/h4-10,13,20-21H,2-3,11-12,14-15H2,1H3/t20-,21-/m0/s1. The number of rotatable bonds is 7. The summed E-state index contributed by atoms with van der Waals surface area (Å²) in [4.78, 5) is 19.0. The lowest BCUT2D eigenvalue weighted by Gasteiger charge is -2.25. The zero-order chi connectivity index (χ0) is 22.7. The van der Waals surface area contributed by atoms with E-state index in [2.05, 4.69) is 11.9 Å². The molecule has 1 amide bonds. The second-order valence-corrected chi connectivity index (χ2v) is 11.7. The molecule has 2 atom stereocenters. The van der Waals surface area contributed by atoms with E-state index in [1.807, 2.05) is 41.3 Å². The maximum atomic E-state index is 12.8. The maximum absolute atomic E-state index is 12.8. The molecule has 0 unspecified atom stereocenters. The summed E-state index contributed by atoms with van der Waals surface area (Å²) in [6.45, 7) is 2.72. The Morgan fingerprint density at radius 3 is 2.81 bits per heavy atom. The van der Waals surface area contributed by atoms with E-state index in [9.17, 15) is 13.2 Å². The third kappa shape index (κ3) is 5.30. The summed E-state index contributed by atoms with van der Waals surface area (Å²) in [7, 11) is -3.13. The van der Waals surface area contributed by atoms with Crippen molar-refractivity contribution in [3.05, 3.63) is 59.1 Å². The number of ether oxygens (including phenoxy) is 1. The van der Waals surface area contributed by atoms with Gasteiger partial charge >= 0.3 is 0 Å². The van der Waals surface area contributed by atoms with Crippen LogP contribution in [-0.4, -0.2) is 48.9 Å². The first kappa shape index (κ1) is 23.1. The van der Waals surface area contributed by atoms with Crippen molar-refractivity contribution in [3.63, 3.8) is 0 Å². The van der Waals surface area contributed by atoms with Gasteiger partial charge in [0.1, 0.15) is 5.75 Å². The van der Waals surface area contributed by atoms with Crippen molar-refractivity contribution in [2.24, 2.45) is 4.99 Å². The Morgan fingerprint density at radius 1 is 1.22 bits per heavy atom. The fourth-order valence-corrected chi connectivity index (χ4v) is 8.01. The van der Waals surface area contributed by atoms with Gasteiger partial charge in [-0.2, -0.15) is 4.99 Å². The maximum Gasteiger partial charge on any atom is 0.252 e. The number of halogens is 1. The fourth-order valence-electron chi connectivity index (χ4n) is 3.87. The highest BCUT2D eigenvalue weighted by Gasteiger charge is 2.49. The summed E-state index contributed by atoms with van der Waals surface area (Å²) in [5.41, 5.74) is 1.49. The van der Waals surface area contributed by atoms with Crippen LogP contribution in [0.2, 0.25) is 5.02 Å². The number of amidine groups is 1. The summed E-state index contributed by atoms with van der Waals surface area (Å²) in [6.07, 6.45) is 2.08. The smallest absolute Gasteiger partial charge is 0.252 e. The van der Waals surface area contributed by atoms with Gasteiger partial charge in [0, 0.05) is 22.0 Å². The minimum atomic E-state index is -3.13. The van der Waals surface area contributed by atoms with Crippen LogP contribution >= 0.6 is 23.4 Å². The van der Waals surface area contributed by atoms with Crippen molar-refractivity contribution in [2.75, 3.05) is 23.0 Å². The predicted octanol–water partition coefficient (Wildman–Crippen LogP) is 4.36. The average molecular weight is 493 g/mol. The Labute approximate surface area is 197 Å². The number of unbranched alkanes of at least 4 members (excludes halogenated alkanes) is 1. The molecule has 2 saturated heterocycles. The summed E-state index contributed by atoms with van der Waals surface area (Å²) in [5.74, 6) is 0.530. The molecular formula is C23H25ClN2O4S2. The van der Waals surface area contributed by atoms with E-state index >= 15 is 0 Å². The lowest BCUT2D eigenvalue weighted by molar-refractivity contribution is -0.117. The molecule has 0 radical (unpaired) electrons. The lowest BCUT2D eigenvalue weighted by Crippen LogP contribution is -2.37. The number of thioether (sulfide) groups is 1. The van der Waals surface area contributed by atoms with Crippen LogP contribution in [0.1, 0.15) is 25.3 Å². The Balaban J connectivity index is 1.62. The number of hydrogen-bond acceptors (Lipinski definition) is 5. The third-order valence-corrected chi connectivity index (χ3v) is 9.03. The minimum absolute atomic E-state index is 0.0450. The quantitative estimate of drug-likeness (QED) is 0.534. The first-order chi connectivity index (χ1) is 15.4. The number of carbonyl (C=O) groups excluding carboxylic acids is 1. The van der Waals surface area contributed by atoms with Crippen LogP contribution in [0.25, 0.3) is 0 Å². The molecule has 0 bridgehead atoms. The minimum Gasteiger partial charge on any atom is -0.494 e. The van der Waals surface area contributed by atoms with Crippen LogP contribution in [0.5, 0.6) is 5.75 Å². The van der Waals surface area contributed by atoms with Gasteiger partial charge in [-0.25, -0.2) is 8.42 Å². The fraction of sp³-hybridized carbons (Fsp3) is 0.391.